The number of carbonyl (C=O) groups excluding carboxylic acids is 1. The topological polar surface area (TPSA) is 94.7 Å². The average molecular weight is 415 g/mol. The summed E-state index contributed by atoms with van der Waals surface area (Å²) in [5.74, 6) is -0.321. The van der Waals surface area contributed by atoms with E-state index in [2.05, 4.69) is 20.4 Å². The highest BCUT2D eigenvalue weighted by Gasteiger charge is 2.14. The van der Waals surface area contributed by atoms with Crippen molar-refractivity contribution in [2.24, 2.45) is 7.05 Å². The Morgan fingerprint density at radius 1 is 1.36 bits per heavy atom. The van der Waals surface area contributed by atoms with E-state index in [0.717, 1.165) is 28.2 Å². The maximum absolute atomic E-state index is 12.6. The fraction of sp³-hybridized carbons (Fsp3) is 0.278. The monoisotopic (exact) mass is 414 g/mol. The summed E-state index contributed by atoms with van der Waals surface area (Å²) in [6.07, 6.45) is 4.16. The van der Waals surface area contributed by atoms with Gasteiger partial charge in [0.1, 0.15) is 11.4 Å². The third-order valence-corrected chi connectivity index (χ3v) is 6.22. The Bertz CT molecular complexity index is 1230. The molecule has 4 heterocycles. The van der Waals surface area contributed by atoms with Crippen LogP contribution in [0.4, 0.5) is 5.13 Å². The molecular formula is C18H18N6O2S2. The van der Waals surface area contributed by atoms with Gasteiger partial charge < -0.3 is 5.32 Å². The van der Waals surface area contributed by atoms with E-state index in [1.54, 1.807) is 4.68 Å². The van der Waals surface area contributed by atoms with Crippen molar-refractivity contribution in [2.75, 3.05) is 5.32 Å². The van der Waals surface area contributed by atoms with Crippen LogP contribution in [0.15, 0.2) is 28.8 Å². The quantitative estimate of drug-likeness (QED) is 0.542. The lowest BCUT2D eigenvalue weighted by atomic mass is 10.2. The van der Waals surface area contributed by atoms with Gasteiger partial charge in [0.05, 0.1) is 23.1 Å². The number of anilines is 1. The van der Waals surface area contributed by atoms with Gasteiger partial charge in [-0.25, -0.2) is 9.97 Å². The van der Waals surface area contributed by atoms with Crippen LogP contribution in [0, 0.1) is 6.92 Å². The lowest BCUT2D eigenvalue weighted by Gasteiger charge is -2.04. The van der Waals surface area contributed by atoms with Crippen LogP contribution in [0.1, 0.15) is 17.5 Å². The van der Waals surface area contributed by atoms with Gasteiger partial charge in [-0.15, -0.1) is 22.7 Å². The summed E-state index contributed by atoms with van der Waals surface area (Å²) in [6, 6.07) is 1.85. The highest BCUT2D eigenvalue weighted by molar-refractivity contribution is 7.18. The van der Waals surface area contributed by atoms with Gasteiger partial charge in [-0.1, -0.05) is 6.92 Å². The zero-order valence-corrected chi connectivity index (χ0v) is 17.2. The summed E-state index contributed by atoms with van der Waals surface area (Å²) in [4.78, 5) is 35.6. The van der Waals surface area contributed by atoms with E-state index in [0.29, 0.717) is 15.3 Å². The molecule has 0 aliphatic carbocycles. The van der Waals surface area contributed by atoms with Crippen molar-refractivity contribution >= 4 is 43.9 Å². The molecule has 144 valence electrons. The summed E-state index contributed by atoms with van der Waals surface area (Å²) in [7, 11) is 1.85. The number of hydrogen-bond acceptors (Lipinski definition) is 7. The molecule has 10 heteroatoms. The number of nitrogens with one attached hydrogen (secondary N) is 1. The Hall–Kier alpha value is -2.85. The van der Waals surface area contributed by atoms with E-state index < -0.39 is 0 Å². The fourth-order valence-corrected chi connectivity index (χ4v) is 4.57. The second-order valence-corrected chi connectivity index (χ2v) is 8.32. The van der Waals surface area contributed by atoms with E-state index in [1.807, 2.05) is 38.5 Å². The minimum absolute atomic E-state index is 0.111. The number of nitrogens with zero attached hydrogens (tertiary/aromatic N) is 5. The zero-order valence-electron chi connectivity index (χ0n) is 15.6. The smallest absolute Gasteiger partial charge is 0.262 e. The molecular weight excluding hydrogens is 396 g/mol. The molecule has 4 rings (SSSR count). The number of amides is 1. The van der Waals surface area contributed by atoms with E-state index in [1.165, 1.54) is 33.6 Å². The summed E-state index contributed by atoms with van der Waals surface area (Å²) in [5.41, 5.74) is 2.35. The van der Waals surface area contributed by atoms with Crippen LogP contribution in [-0.4, -0.2) is 30.2 Å². The van der Waals surface area contributed by atoms with E-state index >= 15 is 0 Å². The molecule has 4 aromatic rings. The maximum atomic E-state index is 12.6. The molecule has 0 unspecified atom stereocenters. The number of carbonyl (C=O) groups is 1. The van der Waals surface area contributed by atoms with Gasteiger partial charge in [0.2, 0.25) is 5.91 Å². The predicted molar refractivity (Wildman–Crippen MR) is 111 cm³/mol. The van der Waals surface area contributed by atoms with Gasteiger partial charge in [-0.05, 0) is 19.4 Å². The van der Waals surface area contributed by atoms with Gasteiger partial charge >= 0.3 is 0 Å². The molecule has 28 heavy (non-hydrogen) atoms. The molecule has 0 bridgehead atoms. The number of aromatic nitrogens is 5. The largest absolute Gasteiger partial charge is 0.300 e. The molecule has 0 fully saturated rings. The van der Waals surface area contributed by atoms with Crippen molar-refractivity contribution < 1.29 is 4.79 Å². The Morgan fingerprint density at radius 2 is 2.18 bits per heavy atom. The van der Waals surface area contributed by atoms with Crippen LogP contribution in [-0.2, 0) is 24.8 Å². The van der Waals surface area contributed by atoms with Gasteiger partial charge in [0, 0.05) is 29.1 Å². The SMILES string of the molecule is CCc1cc2c(=O)n(CC(=O)Nc3nc(-c4cn(C)nc4C)cs3)cnc2s1. The molecule has 0 aromatic carbocycles. The number of rotatable bonds is 5. The molecule has 8 nitrogen and oxygen atoms in total. The van der Waals surface area contributed by atoms with E-state index in [9.17, 15) is 9.59 Å². The number of thiazole rings is 1. The van der Waals surface area contributed by atoms with Gasteiger partial charge in [-0.2, -0.15) is 5.10 Å². The van der Waals surface area contributed by atoms with Crippen LogP contribution in [0.2, 0.25) is 0 Å². The van der Waals surface area contributed by atoms with Crippen LogP contribution in [0.5, 0.6) is 0 Å². The van der Waals surface area contributed by atoms with Crippen LogP contribution in [0.25, 0.3) is 21.5 Å². The molecule has 0 saturated heterocycles. The first-order chi connectivity index (χ1) is 13.4. The molecule has 0 radical (unpaired) electrons. The van der Waals surface area contributed by atoms with Gasteiger partial charge in [0.25, 0.3) is 5.56 Å². The molecule has 0 saturated carbocycles. The normalized spacial score (nSPS) is 11.2. The van der Waals surface area contributed by atoms with Crippen molar-refractivity contribution in [2.45, 2.75) is 26.8 Å². The maximum Gasteiger partial charge on any atom is 0.262 e. The number of thiophene rings is 1. The van der Waals surface area contributed by atoms with E-state index in [-0.39, 0.29) is 18.0 Å². The lowest BCUT2D eigenvalue weighted by Crippen LogP contribution is -2.27. The second-order valence-electron chi connectivity index (χ2n) is 6.35. The third kappa shape index (κ3) is 3.48. The number of aryl methyl sites for hydroxylation is 3. The molecule has 4 aromatic heterocycles. The van der Waals surface area contributed by atoms with E-state index in [4.69, 9.17) is 0 Å². The Kier molecular flexibility index (Phi) is 4.82. The first-order valence-electron chi connectivity index (χ1n) is 8.68. The third-order valence-electron chi connectivity index (χ3n) is 4.27. The lowest BCUT2D eigenvalue weighted by molar-refractivity contribution is -0.116. The predicted octanol–water partition coefficient (Wildman–Crippen LogP) is 2.82. The Balaban J connectivity index is 1.51. The first-order valence-corrected chi connectivity index (χ1v) is 10.4. The molecule has 0 aliphatic rings. The highest BCUT2D eigenvalue weighted by atomic mass is 32.1. The summed E-state index contributed by atoms with van der Waals surface area (Å²) < 4.78 is 3.05. The van der Waals surface area contributed by atoms with Crippen molar-refractivity contribution in [3.63, 3.8) is 0 Å². The Morgan fingerprint density at radius 3 is 2.89 bits per heavy atom. The summed E-state index contributed by atoms with van der Waals surface area (Å²) in [5, 5.41) is 9.97. The van der Waals surface area contributed by atoms with Crippen molar-refractivity contribution in [3.8, 4) is 11.3 Å². The fourth-order valence-electron chi connectivity index (χ4n) is 2.92. The summed E-state index contributed by atoms with van der Waals surface area (Å²) in [6.45, 7) is 3.84. The summed E-state index contributed by atoms with van der Waals surface area (Å²) >= 11 is 2.84. The minimum atomic E-state index is -0.321. The first kappa shape index (κ1) is 18.5. The zero-order chi connectivity index (χ0) is 19.8. The molecule has 0 atom stereocenters. The average Bonchev–Trinajstić information content (AvgIpc) is 3.36. The minimum Gasteiger partial charge on any atom is -0.300 e. The van der Waals surface area contributed by atoms with Gasteiger partial charge in [-0.3, -0.25) is 18.8 Å². The molecule has 1 N–H and O–H groups in total. The van der Waals surface area contributed by atoms with Crippen molar-refractivity contribution in [1.82, 2.24) is 24.3 Å². The van der Waals surface area contributed by atoms with Crippen LogP contribution < -0.4 is 10.9 Å². The van der Waals surface area contributed by atoms with Crippen molar-refractivity contribution in [1.29, 1.82) is 0 Å². The van der Waals surface area contributed by atoms with Gasteiger partial charge in [0.15, 0.2) is 5.13 Å². The number of hydrogen-bond donors (Lipinski definition) is 1. The Labute approximate surface area is 168 Å². The second kappa shape index (κ2) is 7.28. The van der Waals surface area contributed by atoms with Crippen LogP contribution >= 0.6 is 22.7 Å². The van der Waals surface area contributed by atoms with Crippen molar-refractivity contribution in [3.05, 3.63) is 44.9 Å². The van der Waals surface area contributed by atoms with Crippen LogP contribution in [0.3, 0.4) is 0 Å². The molecule has 1 amide bonds. The molecule has 0 aliphatic heterocycles. The number of fused-ring (bicyclic) bond motifs is 1. The highest BCUT2D eigenvalue weighted by Crippen LogP contribution is 2.26. The molecule has 0 spiro atoms. The standard InChI is InChI=1S/C18H18N6O2S2/c1-4-11-5-12-16(28-11)19-9-24(17(12)26)7-15(25)21-18-20-14(8-27-18)13-6-23(3)22-10(13)2/h5-6,8-9H,4,7H2,1-3H3,(H,20,21,25).